The van der Waals surface area contributed by atoms with Crippen LogP contribution in [0.4, 0.5) is 5.69 Å². The van der Waals surface area contributed by atoms with Gasteiger partial charge in [0.15, 0.2) is 11.5 Å². The molecule has 1 amide bonds. The van der Waals surface area contributed by atoms with Crippen molar-refractivity contribution in [1.29, 1.82) is 0 Å². The highest BCUT2D eigenvalue weighted by Gasteiger charge is 2.11. The fourth-order valence-corrected chi connectivity index (χ4v) is 3.40. The van der Waals surface area contributed by atoms with E-state index >= 15 is 0 Å². The summed E-state index contributed by atoms with van der Waals surface area (Å²) in [5.41, 5.74) is 4.03. The van der Waals surface area contributed by atoms with E-state index < -0.39 is 0 Å². The maximum absolute atomic E-state index is 12.4. The maximum Gasteiger partial charge on any atom is 0.248 e. The van der Waals surface area contributed by atoms with E-state index in [4.69, 9.17) is 9.47 Å². The molecule has 0 aromatic heterocycles. The summed E-state index contributed by atoms with van der Waals surface area (Å²) < 4.78 is 11.4. The summed E-state index contributed by atoms with van der Waals surface area (Å²) in [6, 6.07) is 9.83. The van der Waals surface area contributed by atoms with Gasteiger partial charge in [0.1, 0.15) is 0 Å². The van der Waals surface area contributed by atoms with E-state index in [0.29, 0.717) is 11.5 Å². The summed E-state index contributed by atoms with van der Waals surface area (Å²) in [4.78, 5) is 12.4. The summed E-state index contributed by atoms with van der Waals surface area (Å²) in [6.07, 6.45) is 5.02. The minimum atomic E-state index is -0.161. The van der Waals surface area contributed by atoms with Crippen LogP contribution < -0.4 is 14.8 Å². The predicted octanol–water partition coefficient (Wildman–Crippen LogP) is 5.24. The standard InChI is InChI=1S/C21H24BrNO3/c1-5-15-8-7-9-16(6-2)20(15)23-19(24)11-10-14-12-17(22)21(26-4)18(13-14)25-3/h7-13H,5-6H2,1-4H3,(H,23,24)/b11-10+. The SMILES string of the molecule is CCc1cccc(CC)c1NC(=O)/C=C/c1cc(Br)c(OC)c(OC)c1. The first-order chi connectivity index (χ1) is 12.5. The molecule has 0 aliphatic heterocycles. The van der Waals surface area contributed by atoms with Crippen molar-refractivity contribution in [3.05, 3.63) is 57.6 Å². The second kappa shape index (κ2) is 9.43. The lowest BCUT2D eigenvalue weighted by molar-refractivity contribution is -0.111. The largest absolute Gasteiger partial charge is 0.493 e. The molecule has 0 radical (unpaired) electrons. The van der Waals surface area contributed by atoms with Crippen molar-refractivity contribution in [2.45, 2.75) is 26.7 Å². The van der Waals surface area contributed by atoms with Gasteiger partial charge in [0.25, 0.3) is 0 Å². The molecule has 2 rings (SSSR count). The Bertz CT molecular complexity index is 793. The van der Waals surface area contributed by atoms with Gasteiger partial charge in [-0.05, 0) is 63.7 Å². The molecule has 0 aliphatic rings. The number of methoxy groups -OCH3 is 2. The van der Waals surface area contributed by atoms with Gasteiger partial charge in [-0.3, -0.25) is 4.79 Å². The number of benzene rings is 2. The number of rotatable bonds is 7. The van der Waals surface area contributed by atoms with Crippen LogP contribution in [0.15, 0.2) is 40.9 Å². The van der Waals surface area contributed by atoms with Crippen molar-refractivity contribution in [3.8, 4) is 11.5 Å². The minimum Gasteiger partial charge on any atom is -0.493 e. The number of para-hydroxylation sites is 1. The molecular weight excluding hydrogens is 394 g/mol. The Kier molecular flexibility index (Phi) is 7.27. The number of amides is 1. The molecule has 0 saturated heterocycles. The minimum absolute atomic E-state index is 0.161. The van der Waals surface area contributed by atoms with E-state index in [1.165, 1.54) is 6.08 Å². The highest BCUT2D eigenvalue weighted by molar-refractivity contribution is 9.10. The van der Waals surface area contributed by atoms with Gasteiger partial charge in [-0.1, -0.05) is 32.0 Å². The zero-order valence-corrected chi connectivity index (χ0v) is 17.1. The van der Waals surface area contributed by atoms with E-state index in [2.05, 4.69) is 35.1 Å². The average Bonchev–Trinajstić information content (AvgIpc) is 2.65. The second-order valence-corrected chi connectivity index (χ2v) is 6.57. The number of anilines is 1. The molecule has 2 aromatic carbocycles. The van der Waals surface area contributed by atoms with Gasteiger partial charge in [0.2, 0.25) is 5.91 Å². The molecule has 0 bridgehead atoms. The molecule has 0 unspecified atom stereocenters. The normalized spacial score (nSPS) is 10.8. The van der Waals surface area contributed by atoms with Gasteiger partial charge in [-0.15, -0.1) is 0 Å². The third-order valence-electron chi connectivity index (χ3n) is 4.13. The zero-order chi connectivity index (χ0) is 19.1. The second-order valence-electron chi connectivity index (χ2n) is 5.72. The van der Waals surface area contributed by atoms with Crippen molar-refractivity contribution < 1.29 is 14.3 Å². The Balaban J connectivity index is 2.22. The van der Waals surface area contributed by atoms with Gasteiger partial charge in [-0.2, -0.15) is 0 Å². The Morgan fingerprint density at radius 1 is 1.12 bits per heavy atom. The first-order valence-electron chi connectivity index (χ1n) is 8.55. The topological polar surface area (TPSA) is 47.6 Å². The third-order valence-corrected chi connectivity index (χ3v) is 4.72. The smallest absolute Gasteiger partial charge is 0.248 e. The molecule has 138 valence electrons. The Hall–Kier alpha value is -2.27. The number of ether oxygens (including phenoxy) is 2. The fraction of sp³-hybridized carbons (Fsp3) is 0.286. The lowest BCUT2D eigenvalue weighted by Crippen LogP contribution is -2.11. The lowest BCUT2D eigenvalue weighted by atomic mass is 10.0. The van der Waals surface area contributed by atoms with Crippen molar-refractivity contribution in [2.24, 2.45) is 0 Å². The maximum atomic E-state index is 12.4. The Morgan fingerprint density at radius 3 is 2.31 bits per heavy atom. The van der Waals surface area contributed by atoms with Crippen molar-refractivity contribution >= 4 is 33.6 Å². The lowest BCUT2D eigenvalue weighted by Gasteiger charge is -2.13. The highest BCUT2D eigenvalue weighted by Crippen LogP contribution is 2.36. The number of halogens is 1. The molecule has 0 aliphatic carbocycles. The number of nitrogens with one attached hydrogen (secondary N) is 1. The van der Waals surface area contributed by atoms with E-state index in [9.17, 15) is 4.79 Å². The number of hydrogen-bond acceptors (Lipinski definition) is 3. The Labute approximate surface area is 163 Å². The van der Waals surface area contributed by atoms with Gasteiger partial charge in [0, 0.05) is 11.8 Å². The fourth-order valence-electron chi connectivity index (χ4n) is 2.77. The van der Waals surface area contributed by atoms with Gasteiger partial charge in [-0.25, -0.2) is 0 Å². The van der Waals surface area contributed by atoms with Crippen LogP contribution in [0, 0.1) is 0 Å². The van der Waals surface area contributed by atoms with Crippen LogP contribution in [-0.2, 0) is 17.6 Å². The van der Waals surface area contributed by atoms with Crippen LogP contribution in [0.5, 0.6) is 11.5 Å². The highest BCUT2D eigenvalue weighted by atomic mass is 79.9. The monoisotopic (exact) mass is 417 g/mol. The van der Waals surface area contributed by atoms with Gasteiger partial charge >= 0.3 is 0 Å². The van der Waals surface area contributed by atoms with E-state index in [0.717, 1.165) is 39.7 Å². The molecule has 26 heavy (non-hydrogen) atoms. The molecule has 5 heteroatoms. The van der Waals surface area contributed by atoms with Crippen LogP contribution in [-0.4, -0.2) is 20.1 Å². The zero-order valence-electron chi connectivity index (χ0n) is 15.6. The van der Waals surface area contributed by atoms with Crippen LogP contribution in [0.1, 0.15) is 30.5 Å². The summed E-state index contributed by atoms with van der Waals surface area (Å²) in [7, 11) is 3.17. The number of carbonyl (C=O) groups excluding carboxylic acids is 1. The van der Waals surface area contributed by atoms with Crippen molar-refractivity contribution in [2.75, 3.05) is 19.5 Å². The predicted molar refractivity (Wildman–Crippen MR) is 110 cm³/mol. The summed E-state index contributed by atoms with van der Waals surface area (Å²) in [5, 5.41) is 3.02. The van der Waals surface area contributed by atoms with E-state index in [-0.39, 0.29) is 5.91 Å². The van der Waals surface area contributed by atoms with Gasteiger partial charge in [0.05, 0.1) is 18.7 Å². The van der Waals surface area contributed by atoms with Crippen LogP contribution in [0.3, 0.4) is 0 Å². The summed E-state index contributed by atoms with van der Waals surface area (Å²) >= 11 is 3.46. The van der Waals surface area contributed by atoms with Crippen molar-refractivity contribution in [3.63, 3.8) is 0 Å². The quantitative estimate of drug-likeness (QED) is 0.626. The van der Waals surface area contributed by atoms with E-state index in [1.54, 1.807) is 20.3 Å². The molecular formula is C21H24BrNO3. The van der Waals surface area contributed by atoms with Crippen LogP contribution >= 0.6 is 15.9 Å². The number of hydrogen-bond donors (Lipinski definition) is 1. The molecule has 0 fully saturated rings. The van der Waals surface area contributed by atoms with E-state index in [1.807, 2.05) is 30.3 Å². The van der Waals surface area contributed by atoms with Crippen LogP contribution in [0.25, 0.3) is 6.08 Å². The summed E-state index contributed by atoms with van der Waals surface area (Å²) in [5.74, 6) is 1.07. The number of carbonyl (C=O) groups is 1. The van der Waals surface area contributed by atoms with Crippen molar-refractivity contribution in [1.82, 2.24) is 0 Å². The first kappa shape index (κ1) is 20.0. The third kappa shape index (κ3) is 4.67. The Morgan fingerprint density at radius 2 is 1.77 bits per heavy atom. The molecule has 2 aromatic rings. The molecule has 0 saturated carbocycles. The summed E-state index contributed by atoms with van der Waals surface area (Å²) in [6.45, 7) is 4.17. The molecule has 0 atom stereocenters. The van der Waals surface area contributed by atoms with Crippen LogP contribution in [0.2, 0.25) is 0 Å². The first-order valence-corrected chi connectivity index (χ1v) is 9.34. The molecule has 0 spiro atoms. The average molecular weight is 418 g/mol. The number of aryl methyl sites for hydroxylation is 2. The molecule has 1 N–H and O–H groups in total. The molecule has 0 heterocycles. The molecule has 4 nitrogen and oxygen atoms in total. The van der Waals surface area contributed by atoms with Gasteiger partial charge < -0.3 is 14.8 Å².